The van der Waals surface area contributed by atoms with Crippen molar-refractivity contribution in [3.05, 3.63) is 88.9 Å². The van der Waals surface area contributed by atoms with Gasteiger partial charge in [0.2, 0.25) is 5.13 Å². The Labute approximate surface area is 180 Å². The first-order chi connectivity index (χ1) is 14.6. The summed E-state index contributed by atoms with van der Waals surface area (Å²) in [5.74, 6) is -0.112. The van der Waals surface area contributed by atoms with E-state index in [0.717, 1.165) is 16.9 Å². The monoisotopic (exact) mass is 438 g/mol. The summed E-state index contributed by atoms with van der Waals surface area (Å²) >= 11 is 6.97. The number of carbonyl (C=O) groups is 1. The van der Waals surface area contributed by atoms with Gasteiger partial charge in [-0.05, 0) is 29.0 Å². The highest BCUT2D eigenvalue weighted by Gasteiger charge is 2.22. The Morgan fingerprint density at radius 3 is 2.90 bits per heavy atom. The molecule has 148 valence electrons. The van der Waals surface area contributed by atoms with Crippen molar-refractivity contribution < 1.29 is 14.2 Å². The number of rotatable bonds is 6. The fourth-order valence-electron chi connectivity index (χ4n) is 2.52. The topological polar surface area (TPSA) is 90.2 Å². The van der Waals surface area contributed by atoms with Gasteiger partial charge in [0.25, 0.3) is 11.1 Å². The molecule has 0 aliphatic heterocycles. The summed E-state index contributed by atoms with van der Waals surface area (Å²) in [4.78, 5) is 20.2. The number of amides is 1. The molecule has 0 bridgehead atoms. The molecule has 0 fully saturated rings. The lowest BCUT2D eigenvalue weighted by Crippen LogP contribution is -2.43. The number of anilines is 1. The molecular formula is C19H13ClN7O2S+. The molecule has 1 aromatic carbocycles. The van der Waals surface area contributed by atoms with Crippen LogP contribution in [0.2, 0.25) is 5.02 Å². The standard InChI is InChI=1S/C19H12ClN7O2S/c1-21-16-4-2-3-9-26(16)27-12-22-10-15(27)17(28)23-18-24-25-19(30-18)29-11-13-5-7-14(20)8-6-13/h2-10,12H,11H2/p+1. The SMILES string of the molecule is [C-]#[N+]c1cccc[n+]1-n1cncc1C(=O)Nc1nnc(OCc2ccc(Cl)cc2)s1. The Kier molecular flexibility index (Phi) is 5.65. The summed E-state index contributed by atoms with van der Waals surface area (Å²) in [7, 11) is 0. The van der Waals surface area contributed by atoms with Crippen LogP contribution >= 0.6 is 22.9 Å². The van der Waals surface area contributed by atoms with E-state index in [1.807, 2.05) is 12.1 Å². The highest BCUT2D eigenvalue weighted by Crippen LogP contribution is 2.24. The molecule has 4 aromatic rings. The van der Waals surface area contributed by atoms with E-state index < -0.39 is 5.91 Å². The van der Waals surface area contributed by atoms with E-state index in [0.29, 0.717) is 22.6 Å². The van der Waals surface area contributed by atoms with E-state index >= 15 is 0 Å². The summed E-state index contributed by atoms with van der Waals surface area (Å²) in [6, 6.07) is 12.4. The molecule has 3 aromatic heterocycles. The molecule has 0 saturated heterocycles. The van der Waals surface area contributed by atoms with E-state index in [4.69, 9.17) is 22.9 Å². The maximum Gasteiger partial charge on any atom is 0.447 e. The molecule has 1 amide bonds. The van der Waals surface area contributed by atoms with E-state index in [1.54, 1.807) is 36.5 Å². The van der Waals surface area contributed by atoms with Crippen molar-refractivity contribution in [3.63, 3.8) is 0 Å². The van der Waals surface area contributed by atoms with Gasteiger partial charge in [-0.1, -0.05) is 39.6 Å². The van der Waals surface area contributed by atoms with Crippen LogP contribution in [0, 0.1) is 6.57 Å². The second kappa shape index (κ2) is 8.69. The van der Waals surface area contributed by atoms with Crippen LogP contribution < -0.4 is 14.7 Å². The van der Waals surface area contributed by atoms with Crippen LogP contribution in [0.1, 0.15) is 16.1 Å². The summed E-state index contributed by atoms with van der Waals surface area (Å²) in [6.45, 7) is 7.59. The molecule has 0 aliphatic carbocycles. The second-order valence-corrected chi connectivity index (χ2v) is 7.26. The van der Waals surface area contributed by atoms with Gasteiger partial charge in [0.15, 0.2) is 18.2 Å². The summed E-state index contributed by atoms with van der Waals surface area (Å²) < 4.78 is 8.60. The molecule has 11 heteroatoms. The Balaban J connectivity index is 1.45. The van der Waals surface area contributed by atoms with Crippen LogP contribution in [0.15, 0.2) is 61.2 Å². The Hall–Kier alpha value is -3.81. The van der Waals surface area contributed by atoms with Crippen molar-refractivity contribution >= 4 is 39.8 Å². The van der Waals surface area contributed by atoms with Crippen molar-refractivity contribution in [3.8, 4) is 5.19 Å². The number of ether oxygens (including phenoxy) is 1. The number of benzene rings is 1. The van der Waals surface area contributed by atoms with Crippen LogP contribution in [-0.2, 0) is 6.61 Å². The normalized spacial score (nSPS) is 10.4. The van der Waals surface area contributed by atoms with Gasteiger partial charge in [0.05, 0.1) is 6.20 Å². The highest BCUT2D eigenvalue weighted by molar-refractivity contribution is 7.17. The third-order valence-corrected chi connectivity index (χ3v) is 4.92. The van der Waals surface area contributed by atoms with Gasteiger partial charge in [0, 0.05) is 17.2 Å². The molecule has 3 heterocycles. The van der Waals surface area contributed by atoms with Gasteiger partial charge < -0.3 is 4.74 Å². The number of imidazole rings is 1. The van der Waals surface area contributed by atoms with Gasteiger partial charge in [0.1, 0.15) is 13.2 Å². The largest absolute Gasteiger partial charge is 0.464 e. The molecule has 0 saturated carbocycles. The average molecular weight is 439 g/mol. The van der Waals surface area contributed by atoms with Gasteiger partial charge >= 0.3 is 5.82 Å². The molecule has 30 heavy (non-hydrogen) atoms. The molecule has 1 N–H and O–H groups in total. The number of hydrogen-bond acceptors (Lipinski definition) is 6. The van der Waals surface area contributed by atoms with Crippen molar-refractivity contribution in [1.82, 2.24) is 19.9 Å². The molecule has 0 atom stereocenters. The van der Waals surface area contributed by atoms with Crippen LogP contribution in [0.4, 0.5) is 10.9 Å². The molecule has 0 radical (unpaired) electrons. The van der Waals surface area contributed by atoms with Crippen LogP contribution in [-0.4, -0.2) is 25.8 Å². The lowest BCUT2D eigenvalue weighted by Gasteiger charge is -2.03. The van der Waals surface area contributed by atoms with Crippen molar-refractivity contribution in [2.75, 3.05) is 5.32 Å². The van der Waals surface area contributed by atoms with Crippen molar-refractivity contribution in [2.45, 2.75) is 6.61 Å². The molecular weight excluding hydrogens is 426 g/mol. The second-order valence-electron chi connectivity index (χ2n) is 5.88. The number of hydrogen-bond donors (Lipinski definition) is 1. The van der Waals surface area contributed by atoms with Crippen molar-refractivity contribution in [1.29, 1.82) is 0 Å². The van der Waals surface area contributed by atoms with Gasteiger partial charge in [-0.2, -0.15) is 4.85 Å². The lowest BCUT2D eigenvalue weighted by molar-refractivity contribution is -0.713. The molecule has 0 spiro atoms. The van der Waals surface area contributed by atoms with Crippen LogP contribution in [0.5, 0.6) is 5.19 Å². The van der Waals surface area contributed by atoms with Crippen LogP contribution in [0.25, 0.3) is 4.85 Å². The number of aromatic nitrogens is 5. The number of pyridine rings is 1. The fourth-order valence-corrected chi connectivity index (χ4v) is 3.24. The van der Waals surface area contributed by atoms with Gasteiger partial charge in [-0.15, -0.1) is 9.77 Å². The van der Waals surface area contributed by atoms with E-state index in [1.165, 1.54) is 21.9 Å². The predicted octanol–water partition coefficient (Wildman–Crippen LogP) is 3.37. The zero-order chi connectivity index (χ0) is 20.9. The highest BCUT2D eigenvalue weighted by atomic mass is 35.5. The minimum Gasteiger partial charge on any atom is -0.464 e. The first kappa shape index (κ1) is 19.5. The minimum atomic E-state index is -0.444. The Bertz CT molecular complexity index is 1230. The number of carbonyl (C=O) groups excluding carboxylic acids is 1. The zero-order valence-corrected chi connectivity index (χ0v) is 16.8. The van der Waals surface area contributed by atoms with Gasteiger partial charge in [-0.3, -0.25) is 10.1 Å². The quantitative estimate of drug-likeness (QED) is 0.368. The Morgan fingerprint density at radius 2 is 2.10 bits per heavy atom. The molecule has 0 aliphatic rings. The maximum atomic E-state index is 12.7. The van der Waals surface area contributed by atoms with Crippen molar-refractivity contribution in [2.24, 2.45) is 0 Å². The number of nitrogens with zero attached hydrogens (tertiary/aromatic N) is 6. The Morgan fingerprint density at radius 1 is 1.27 bits per heavy atom. The number of nitrogens with one attached hydrogen (secondary N) is 1. The first-order valence-electron chi connectivity index (χ1n) is 8.57. The third kappa shape index (κ3) is 4.27. The van der Waals surface area contributed by atoms with Gasteiger partial charge in [-0.25, -0.2) is 4.98 Å². The molecule has 9 nitrogen and oxygen atoms in total. The maximum absolute atomic E-state index is 12.7. The number of halogens is 1. The minimum absolute atomic E-state index is 0.231. The third-order valence-electron chi connectivity index (χ3n) is 3.92. The first-order valence-corrected chi connectivity index (χ1v) is 9.77. The molecule has 4 rings (SSSR count). The summed E-state index contributed by atoms with van der Waals surface area (Å²) in [5.41, 5.74) is 1.16. The average Bonchev–Trinajstić information content (AvgIpc) is 3.43. The lowest BCUT2D eigenvalue weighted by atomic mass is 10.2. The summed E-state index contributed by atoms with van der Waals surface area (Å²) in [5, 5.41) is 11.8. The fraction of sp³-hybridized carbons (Fsp3) is 0.0526. The summed E-state index contributed by atoms with van der Waals surface area (Å²) in [6.07, 6.45) is 4.52. The van der Waals surface area contributed by atoms with E-state index in [2.05, 4.69) is 25.3 Å². The van der Waals surface area contributed by atoms with E-state index in [-0.39, 0.29) is 10.8 Å². The smallest absolute Gasteiger partial charge is 0.447 e. The van der Waals surface area contributed by atoms with Crippen LogP contribution in [0.3, 0.4) is 0 Å². The predicted molar refractivity (Wildman–Crippen MR) is 110 cm³/mol. The molecule has 0 unspecified atom stereocenters. The van der Waals surface area contributed by atoms with E-state index in [9.17, 15) is 4.79 Å². The zero-order valence-electron chi connectivity index (χ0n) is 15.3.